The lowest BCUT2D eigenvalue weighted by molar-refractivity contribution is 0.0703. The summed E-state index contributed by atoms with van der Waals surface area (Å²) in [5.74, 6) is -1.07. The van der Waals surface area contributed by atoms with E-state index in [2.05, 4.69) is 9.97 Å². The smallest absolute Gasteiger partial charge is 0.348 e. The van der Waals surface area contributed by atoms with Gasteiger partial charge in [0.1, 0.15) is 9.71 Å². The van der Waals surface area contributed by atoms with E-state index in [-0.39, 0.29) is 10.6 Å². The normalized spacial score (nSPS) is 11.0. The highest BCUT2D eigenvalue weighted by atomic mass is 32.2. The molecule has 3 aromatic rings. The minimum Gasteiger partial charge on any atom is -0.477 e. The highest BCUT2D eigenvalue weighted by Gasteiger charge is 2.21. The van der Waals surface area contributed by atoms with Crippen LogP contribution < -0.4 is 11.5 Å². The average molecular weight is 332 g/mol. The first-order chi connectivity index (χ1) is 10.5. The molecule has 0 bridgehead atoms. The Morgan fingerprint density at radius 3 is 2.73 bits per heavy atom. The van der Waals surface area contributed by atoms with E-state index < -0.39 is 5.97 Å². The highest BCUT2D eigenvalue weighted by Crippen LogP contribution is 2.39. The Kier molecular flexibility index (Phi) is 3.63. The Labute approximate surface area is 134 Å². The van der Waals surface area contributed by atoms with E-state index in [1.165, 1.54) is 11.8 Å². The Morgan fingerprint density at radius 2 is 2.09 bits per heavy atom. The second-order valence-electron chi connectivity index (χ2n) is 4.51. The molecule has 0 aliphatic carbocycles. The van der Waals surface area contributed by atoms with Crippen molar-refractivity contribution in [3.05, 3.63) is 29.1 Å². The van der Waals surface area contributed by atoms with Crippen molar-refractivity contribution in [1.82, 2.24) is 9.97 Å². The number of rotatable bonds is 3. The van der Waals surface area contributed by atoms with Crippen molar-refractivity contribution in [3.63, 3.8) is 0 Å². The Bertz CT molecular complexity index is 892. The fourth-order valence-corrected chi connectivity index (χ4v) is 3.50. The lowest BCUT2D eigenvalue weighted by atomic mass is 10.1. The maximum Gasteiger partial charge on any atom is 0.348 e. The molecule has 2 heterocycles. The van der Waals surface area contributed by atoms with E-state index in [1.54, 1.807) is 12.1 Å². The van der Waals surface area contributed by atoms with Crippen molar-refractivity contribution in [2.45, 2.75) is 5.16 Å². The van der Waals surface area contributed by atoms with Crippen LogP contribution >= 0.6 is 23.1 Å². The zero-order valence-corrected chi connectivity index (χ0v) is 13.2. The molecule has 0 spiro atoms. The summed E-state index contributed by atoms with van der Waals surface area (Å²) in [6.07, 6.45) is 1.86. The number of hydrogen-bond acceptors (Lipinski definition) is 7. The van der Waals surface area contributed by atoms with Gasteiger partial charge in [-0.25, -0.2) is 14.8 Å². The summed E-state index contributed by atoms with van der Waals surface area (Å²) in [5.41, 5.74) is 14.0. The third-order valence-corrected chi connectivity index (χ3v) is 4.74. The zero-order chi connectivity index (χ0) is 15.9. The molecule has 0 aliphatic rings. The van der Waals surface area contributed by atoms with Crippen LogP contribution in [0, 0.1) is 0 Å². The summed E-state index contributed by atoms with van der Waals surface area (Å²) in [6.45, 7) is 0. The van der Waals surface area contributed by atoms with Gasteiger partial charge in [-0.1, -0.05) is 23.9 Å². The van der Waals surface area contributed by atoms with Crippen molar-refractivity contribution < 1.29 is 9.90 Å². The number of thiophene rings is 1. The van der Waals surface area contributed by atoms with E-state index >= 15 is 0 Å². The van der Waals surface area contributed by atoms with Gasteiger partial charge in [0.05, 0.1) is 16.8 Å². The van der Waals surface area contributed by atoms with Gasteiger partial charge < -0.3 is 16.6 Å². The van der Waals surface area contributed by atoms with Gasteiger partial charge >= 0.3 is 5.97 Å². The van der Waals surface area contributed by atoms with Crippen LogP contribution in [0.25, 0.3) is 21.5 Å². The third-order valence-electron chi connectivity index (χ3n) is 3.10. The number of anilines is 2. The van der Waals surface area contributed by atoms with E-state index in [1.807, 2.05) is 18.4 Å². The van der Waals surface area contributed by atoms with Crippen LogP contribution in [0.1, 0.15) is 9.67 Å². The number of thioether (sulfide) groups is 1. The molecular formula is C14H12N4O2S2. The van der Waals surface area contributed by atoms with Crippen molar-refractivity contribution in [3.8, 4) is 11.3 Å². The van der Waals surface area contributed by atoms with Crippen LogP contribution in [0.15, 0.2) is 29.4 Å². The summed E-state index contributed by atoms with van der Waals surface area (Å²) >= 11 is 2.44. The monoisotopic (exact) mass is 332 g/mol. The number of nitrogens with two attached hydrogens (primary N) is 2. The summed E-state index contributed by atoms with van der Waals surface area (Å²) in [6, 6.07) is 7.23. The lowest BCUT2D eigenvalue weighted by Gasteiger charge is -2.06. The van der Waals surface area contributed by atoms with Crippen molar-refractivity contribution in [1.29, 1.82) is 0 Å². The fraction of sp³-hybridized carbons (Fsp3) is 0.0714. The second kappa shape index (κ2) is 5.47. The van der Waals surface area contributed by atoms with Crippen molar-refractivity contribution in [2.75, 3.05) is 17.7 Å². The molecule has 1 aromatic carbocycles. The van der Waals surface area contributed by atoms with Crippen LogP contribution in [0.5, 0.6) is 0 Å². The first kappa shape index (κ1) is 14.6. The zero-order valence-electron chi connectivity index (χ0n) is 11.5. The number of hydrogen-bond donors (Lipinski definition) is 3. The van der Waals surface area contributed by atoms with Crippen LogP contribution in [0.4, 0.5) is 11.4 Å². The van der Waals surface area contributed by atoms with Gasteiger partial charge in [0.2, 0.25) is 0 Å². The molecule has 0 fully saturated rings. The summed E-state index contributed by atoms with van der Waals surface area (Å²) in [4.78, 5) is 20.8. The molecule has 8 heteroatoms. The molecule has 0 saturated carbocycles. The van der Waals surface area contributed by atoms with Gasteiger partial charge in [0, 0.05) is 11.3 Å². The summed E-state index contributed by atoms with van der Waals surface area (Å²) < 4.78 is 0. The molecule has 0 atom stereocenters. The number of benzene rings is 1. The molecule has 2 aromatic heterocycles. The van der Waals surface area contributed by atoms with Crippen molar-refractivity contribution >= 4 is 50.7 Å². The van der Waals surface area contributed by atoms with Gasteiger partial charge in [-0.2, -0.15) is 0 Å². The molecule has 0 unspecified atom stereocenters. The maximum atomic E-state index is 11.3. The molecule has 22 heavy (non-hydrogen) atoms. The van der Waals surface area contributed by atoms with E-state index in [0.29, 0.717) is 26.8 Å². The largest absolute Gasteiger partial charge is 0.477 e. The Balaban J connectivity index is 2.39. The number of nitrogens with zero attached hydrogens (tertiary/aromatic N) is 2. The minimum atomic E-state index is -1.07. The maximum absolute atomic E-state index is 11.3. The van der Waals surface area contributed by atoms with E-state index in [4.69, 9.17) is 11.5 Å². The second-order valence-corrected chi connectivity index (χ2v) is 6.29. The highest BCUT2D eigenvalue weighted by molar-refractivity contribution is 7.98. The number of fused-ring (bicyclic) bond motifs is 1. The molecule has 0 radical (unpaired) electrons. The summed E-state index contributed by atoms with van der Waals surface area (Å²) in [7, 11) is 0. The Hall–Kier alpha value is -2.32. The first-order valence-electron chi connectivity index (χ1n) is 6.24. The van der Waals surface area contributed by atoms with Crippen molar-refractivity contribution in [2.24, 2.45) is 0 Å². The molecule has 3 rings (SSSR count). The molecule has 6 nitrogen and oxygen atoms in total. The van der Waals surface area contributed by atoms with Gasteiger partial charge in [0.25, 0.3) is 0 Å². The number of carbonyl (C=O) groups is 1. The van der Waals surface area contributed by atoms with Gasteiger partial charge in [-0.05, 0) is 18.4 Å². The van der Waals surface area contributed by atoms with E-state index in [9.17, 15) is 9.90 Å². The number of aromatic nitrogens is 2. The predicted octanol–water partition coefficient (Wildman–Crippen LogP) is 2.94. The number of carboxylic acids is 1. The topological polar surface area (TPSA) is 115 Å². The number of nitrogen functional groups attached to an aromatic ring is 2. The standard InChI is InChI=1S/C14H12N4O2S2/c1-21-14-17-10(6-3-2-4-7(15)5-6)8-9(16)11(13(19)20)22-12(8)18-14/h2-5H,15-16H2,1H3,(H,19,20). The van der Waals surface area contributed by atoms with Crippen LogP contribution in [-0.2, 0) is 0 Å². The molecular weight excluding hydrogens is 320 g/mol. The van der Waals surface area contributed by atoms with Gasteiger partial charge in [-0.15, -0.1) is 11.3 Å². The van der Waals surface area contributed by atoms with Crippen LogP contribution in [0.3, 0.4) is 0 Å². The first-order valence-corrected chi connectivity index (χ1v) is 8.28. The number of aromatic carboxylic acids is 1. The fourth-order valence-electron chi connectivity index (χ4n) is 2.15. The third kappa shape index (κ3) is 2.36. The quantitative estimate of drug-likeness (QED) is 0.383. The number of carboxylic acid groups (broad SMARTS) is 1. The SMILES string of the molecule is CSc1nc(-c2cccc(N)c2)c2c(N)c(C(=O)O)sc2n1. The van der Waals surface area contributed by atoms with Gasteiger partial charge in [0.15, 0.2) is 5.16 Å². The predicted molar refractivity (Wildman–Crippen MR) is 90.4 cm³/mol. The lowest BCUT2D eigenvalue weighted by Crippen LogP contribution is -1.98. The molecule has 0 aliphatic heterocycles. The Morgan fingerprint density at radius 1 is 1.32 bits per heavy atom. The van der Waals surface area contributed by atoms with Crippen LogP contribution in [-0.4, -0.2) is 27.3 Å². The van der Waals surface area contributed by atoms with Crippen LogP contribution in [0.2, 0.25) is 0 Å². The average Bonchev–Trinajstić information content (AvgIpc) is 2.83. The van der Waals surface area contributed by atoms with E-state index in [0.717, 1.165) is 16.9 Å². The molecule has 0 amide bonds. The molecule has 112 valence electrons. The van der Waals surface area contributed by atoms with Gasteiger partial charge in [-0.3, -0.25) is 0 Å². The molecule has 0 saturated heterocycles. The summed E-state index contributed by atoms with van der Waals surface area (Å²) in [5, 5.41) is 10.4. The molecule has 5 N–H and O–H groups in total. The minimum absolute atomic E-state index is 0.0766.